The SMILES string of the molecule is Cc1c(C(=O)NCC(c2ccc(F)cc2)N2CCOCC2)oc2c1ccc1ccccc12. The van der Waals surface area contributed by atoms with E-state index in [1.54, 1.807) is 12.1 Å². The highest BCUT2D eigenvalue weighted by atomic mass is 19.1. The van der Waals surface area contributed by atoms with Crippen LogP contribution in [0.25, 0.3) is 21.7 Å². The summed E-state index contributed by atoms with van der Waals surface area (Å²) >= 11 is 0. The predicted molar refractivity (Wildman–Crippen MR) is 122 cm³/mol. The van der Waals surface area contributed by atoms with Crippen molar-refractivity contribution in [1.82, 2.24) is 10.2 Å². The van der Waals surface area contributed by atoms with Gasteiger partial charge >= 0.3 is 0 Å². The molecule has 3 aromatic carbocycles. The summed E-state index contributed by atoms with van der Waals surface area (Å²) in [5.41, 5.74) is 2.52. The van der Waals surface area contributed by atoms with Gasteiger partial charge in [0.25, 0.3) is 5.91 Å². The molecule has 5 rings (SSSR count). The molecule has 1 aliphatic heterocycles. The molecule has 1 aliphatic rings. The van der Waals surface area contributed by atoms with E-state index in [0.29, 0.717) is 25.5 Å². The Kier molecular flexibility index (Phi) is 5.64. The first-order valence-electron chi connectivity index (χ1n) is 10.9. The number of morpholine rings is 1. The van der Waals surface area contributed by atoms with Crippen LogP contribution in [-0.4, -0.2) is 43.7 Å². The van der Waals surface area contributed by atoms with Gasteiger partial charge in [0.2, 0.25) is 0 Å². The average Bonchev–Trinajstić information content (AvgIpc) is 3.18. The van der Waals surface area contributed by atoms with Gasteiger partial charge in [-0.15, -0.1) is 0 Å². The zero-order valence-electron chi connectivity index (χ0n) is 17.9. The maximum Gasteiger partial charge on any atom is 0.287 e. The first kappa shape index (κ1) is 20.7. The van der Waals surface area contributed by atoms with E-state index < -0.39 is 0 Å². The molecule has 0 aliphatic carbocycles. The number of carbonyl (C=O) groups excluding carboxylic acids is 1. The van der Waals surface area contributed by atoms with Crippen molar-refractivity contribution in [1.29, 1.82) is 0 Å². The molecule has 32 heavy (non-hydrogen) atoms. The summed E-state index contributed by atoms with van der Waals surface area (Å²) < 4.78 is 25.0. The molecule has 1 N–H and O–H groups in total. The molecule has 1 atom stereocenters. The van der Waals surface area contributed by atoms with Crippen LogP contribution in [0.5, 0.6) is 0 Å². The number of carbonyl (C=O) groups is 1. The van der Waals surface area contributed by atoms with Crippen molar-refractivity contribution in [2.45, 2.75) is 13.0 Å². The summed E-state index contributed by atoms with van der Waals surface area (Å²) in [6, 6.07) is 18.4. The second-order valence-corrected chi connectivity index (χ2v) is 8.15. The molecule has 164 valence electrons. The molecule has 1 fully saturated rings. The van der Waals surface area contributed by atoms with Gasteiger partial charge in [-0.1, -0.05) is 48.5 Å². The third kappa shape index (κ3) is 3.87. The largest absolute Gasteiger partial charge is 0.450 e. The van der Waals surface area contributed by atoms with Crippen molar-refractivity contribution >= 4 is 27.6 Å². The lowest BCUT2D eigenvalue weighted by molar-refractivity contribution is 0.0161. The maximum absolute atomic E-state index is 13.5. The number of fused-ring (bicyclic) bond motifs is 3. The van der Waals surface area contributed by atoms with Gasteiger partial charge < -0.3 is 14.5 Å². The summed E-state index contributed by atoms with van der Waals surface area (Å²) in [7, 11) is 0. The zero-order valence-corrected chi connectivity index (χ0v) is 17.9. The lowest BCUT2D eigenvalue weighted by Crippen LogP contribution is -2.43. The Morgan fingerprint density at radius 1 is 1.03 bits per heavy atom. The molecule has 6 heteroatoms. The number of nitrogens with zero attached hydrogens (tertiary/aromatic N) is 1. The van der Waals surface area contributed by atoms with Gasteiger partial charge in [-0.3, -0.25) is 9.69 Å². The lowest BCUT2D eigenvalue weighted by Gasteiger charge is -2.34. The Labute approximate surface area is 185 Å². The highest BCUT2D eigenvalue weighted by molar-refractivity contribution is 6.08. The van der Waals surface area contributed by atoms with Crippen molar-refractivity contribution in [3.63, 3.8) is 0 Å². The first-order chi connectivity index (χ1) is 15.6. The van der Waals surface area contributed by atoms with Crippen LogP contribution in [0.3, 0.4) is 0 Å². The topological polar surface area (TPSA) is 54.7 Å². The van der Waals surface area contributed by atoms with Crippen LogP contribution in [0, 0.1) is 12.7 Å². The van der Waals surface area contributed by atoms with Crippen LogP contribution < -0.4 is 5.32 Å². The smallest absolute Gasteiger partial charge is 0.287 e. The highest BCUT2D eigenvalue weighted by Gasteiger charge is 2.25. The fraction of sp³-hybridized carbons (Fsp3) is 0.269. The van der Waals surface area contributed by atoms with E-state index in [-0.39, 0.29) is 17.8 Å². The minimum Gasteiger partial charge on any atom is -0.450 e. The number of rotatable bonds is 5. The van der Waals surface area contributed by atoms with Crippen LogP contribution in [0.15, 0.2) is 65.1 Å². The molecule has 4 aromatic rings. The predicted octanol–water partition coefficient (Wildman–Crippen LogP) is 4.84. The molecule has 1 aromatic heterocycles. The number of nitrogens with one attached hydrogen (secondary N) is 1. The molecule has 0 saturated carbocycles. The maximum atomic E-state index is 13.5. The summed E-state index contributed by atoms with van der Waals surface area (Å²) in [6.07, 6.45) is 0. The number of hydrogen-bond donors (Lipinski definition) is 1. The number of furan rings is 1. The molecule has 1 unspecified atom stereocenters. The van der Waals surface area contributed by atoms with E-state index in [0.717, 1.165) is 46.0 Å². The van der Waals surface area contributed by atoms with E-state index in [1.165, 1.54) is 12.1 Å². The van der Waals surface area contributed by atoms with Crippen molar-refractivity contribution in [2.75, 3.05) is 32.8 Å². The van der Waals surface area contributed by atoms with Crippen molar-refractivity contribution in [3.05, 3.63) is 83.4 Å². The average molecular weight is 432 g/mol. The Morgan fingerprint density at radius 2 is 1.78 bits per heavy atom. The summed E-state index contributed by atoms with van der Waals surface area (Å²) in [6.45, 7) is 5.10. The number of benzene rings is 3. The fourth-order valence-corrected chi connectivity index (χ4v) is 4.47. The number of amides is 1. The Morgan fingerprint density at radius 3 is 2.56 bits per heavy atom. The van der Waals surface area contributed by atoms with Crippen molar-refractivity contribution in [2.24, 2.45) is 0 Å². The Balaban J connectivity index is 1.41. The third-order valence-electron chi connectivity index (χ3n) is 6.23. The molecule has 0 spiro atoms. The van der Waals surface area contributed by atoms with Gasteiger partial charge in [0.1, 0.15) is 11.4 Å². The number of hydrogen-bond acceptors (Lipinski definition) is 4. The normalized spacial score (nSPS) is 15.8. The van der Waals surface area contributed by atoms with E-state index in [4.69, 9.17) is 9.15 Å². The molecular formula is C26H25FN2O3. The quantitative estimate of drug-likeness (QED) is 0.491. The zero-order chi connectivity index (χ0) is 22.1. The molecular weight excluding hydrogens is 407 g/mol. The third-order valence-corrected chi connectivity index (χ3v) is 6.23. The van der Waals surface area contributed by atoms with Gasteiger partial charge in [0.15, 0.2) is 5.76 Å². The molecule has 0 radical (unpaired) electrons. The Bertz CT molecular complexity index is 1260. The van der Waals surface area contributed by atoms with Crippen LogP contribution in [0.1, 0.15) is 27.7 Å². The lowest BCUT2D eigenvalue weighted by atomic mass is 10.0. The van der Waals surface area contributed by atoms with Crippen molar-refractivity contribution in [3.8, 4) is 0 Å². The van der Waals surface area contributed by atoms with Crippen LogP contribution in [0.4, 0.5) is 4.39 Å². The second kappa shape index (κ2) is 8.73. The van der Waals surface area contributed by atoms with Gasteiger partial charge in [0, 0.05) is 36.0 Å². The molecule has 5 nitrogen and oxygen atoms in total. The number of halogens is 1. The van der Waals surface area contributed by atoms with Crippen LogP contribution in [-0.2, 0) is 4.74 Å². The Hall–Kier alpha value is -3.22. The molecule has 1 saturated heterocycles. The molecule has 1 amide bonds. The van der Waals surface area contributed by atoms with E-state index in [9.17, 15) is 9.18 Å². The van der Waals surface area contributed by atoms with Gasteiger partial charge in [0.05, 0.1) is 19.3 Å². The van der Waals surface area contributed by atoms with Gasteiger partial charge in [-0.25, -0.2) is 4.39 Å². The summed E-state index contributed by atoms with van der Waals surface area (Å²) in [5, 5.41) is 6.06. The standard InChI is InChI=1S/C26H25FN2O3/c1-17-21-11-8-18-4-2-3-5-22(18)25(21)32-24(17)26(30)28-16-23(29-12-14-31-15-13-29)19-6-9-20(27)10-7-19/h2-11,23H,12-16H2,1H3,(H,28,30). The van der Waals surface area contributed by atoms with Crippen LogP contribution in [0.2, 0.25) is 0 Å². The van der Waals surface area contributed by atoms with E-state index >= 15 is 0 Å². The highest BCUT2D eigenvalue weighted by Crippen LogP contribution is 2.32. The molecule has 2 heterocycles. The van der Waals surface area contributed by atoms with E-state index in [1.807, 2.05) is 43.3 Å². The number of ether oxygens (including phenoxy) is 1. The first-order valence-corrected chi connectivity index (χ1v) is 10.9. The van der Waals surface area contributed by atoms with E-state index in [2.05, 4.69) is 10.2 Å². The van der Waals surface area contributed by atoms with Crippen LogP contribution >= 0.6 is 0 Å². The van der Waals surface area contributed by atoms with Gasteiger partial charge in [-0.05, 0) is 30.0 Å². The van der Waals surface area contributed by atoms with Crippen molar-refractivity contribution < 1.29 is 18.3 Å². The molecule has 0 bridgehead atoms. The monoisotopic (exact) mass is 432 g/mol. The van der Waals surface area contributed by atoms with Gasteiger partial charge in [-0.2, -0.15) is 0 Å². The second-order valence-electron chi connectivity index (χ2n) is 8.15. The minimum absolute atomic E-state index is 0.0750. The fourth-order valence-electron chi connectivity index (χ4n) is 4.47. The minimum atomic E-state index is -0.274. The summed E-state index contributed by atoms with van der Waals surface area (Å²) in [4.78, 5) is 15.4. The number of aryl methyl sites for hydroxylation is 1. The summed E-state index contributed by atoms with van der Waals surface area (Å²) in [5.74, 6) is -0.192.